The third-order valence-corrected chi connectivity index (χ3v) is 5.80. The molecule has 3 atom stereocenters. The summed E-state index contributed by atoms with van der Waals surface area (Å²) in [4.78, 5) is 29.5. The number of carbonyl (C=O) groups excluding carboxylic acids is 1. The fourth-order valence-electron chi connectivity index (χ4n) is 4.45. The molecule has 1 N–H and O–H groups in total. The van der Waals surface area contributed by atoms with Crippen molar-refractivity contribution in [3.05, 3.63) is 54.7 Å². The van der Waals surface area contributed by atoms with Crippen molar-refractivity contribution in [3.63, 3.8) is 0 Å². The van der Waals surface area contributed by atoms with Gasteiger partial charge in [0.05, 0.1) is 12.3 Å². The Morgan fingerprint density at radius 3 is 2.63 bits per heavy atom. The molecule has 2 aromatic heterocycles. The van der Waals surface area contributed by atoms with E-state index in [0.717, 1.165) is 28.8 Å². The number of nitrogens with zero attached hydrogens (tertiary/aromatic N) is 4. The van der Waals surface area contributed by atoms with Gasteiger partial charge in [0.15, 0.2) is 5.69 Å². The molecule has 9 heteroatoms. The average molecular weight is 408 g/mol. The quantitative estimate of drug-likeness (QED) is 0.706. The summed E-state index contributed by atoms with van der Waals surface area (Å²) in [6.45, 7) is 1.25. The Bertz CT molecular complexity index is 1060. The van der Waals surface area contributed by atoms with Crippen LogP contribution in [0.3, 0.4) is 0 Å². The van der Waals surface area contributed by atoms with Crippen LogP contribution < -0.4 is 4.74 Å². The van der Waals surface area contributed by atoms with Gasteiger partial charge in [0.1, 0.15) is 12.0 Å². The molecule has 3 aromatic rings. The first kappa shape index (κ1) is 18.4. The monoisotopic (exact) mass is 408 g/mol. The topological polar surface area (TPSA) is 111 Å². The van der Waals surface area contributed by atoms with Crippen molar-refractivity contribution in [2.24, 2.45) is 11.8 Å². The first-order chi connectivity index (χ1) is 14.6. The number of amides is 1. The first-order valence-electron chi connectivity index (χ1n) is 9.81. The Morgan fingerprint density at radius 1 is 1.17 bits per heavy atom. The van der Waals surface area contributed by atoms with E-state index < -0.39 is 5.97 Å². The summed E-state index contributed by atoms with van der Waals surface area (Å²) in [7, 11) is 0. The normalized spacial score (nSPS) is 22.8. The van der Waals surface area contributed by atoms with Crippen LogP contribution in [-0.2, 0) is 0 Å². The van der Waals surface area contributed by atoms with Gasteiger partial charge in [0, 0.05) is 24.8 Å². The van der Waals surface area contributed by atoms with E-state index in [0.29, 0.717) is 30.8 Å². The predicted molar refractivity (Wildman–Crippen MR) is 104 cm³/mol. The van der Waals surface area contributed by atoms with Gasteiger partial charge < -0.3 is 19.2 Å². The zero-order valence-electron chi connectivity index (χ0n) is 16.0. The van der Waals surface area contributed by atoms with Gasteiger partial charge >= 0.3 is 12.0 Å². The Kier molecular flexibility index (Phi) is 4.50. The van der Waals surface area contributed by atoms with Crippen molar-refractivity contribution in [3.8, 4) is 17.2 Å². The summed E-state index contributed by atoms with van der Waals surface area (Å²) in [6.07, 6.45) is 6.39. The van der Waals surface area contributed by atoms with Crippen LogP contribution in [0.25, 0.3) is 11.5 Å². The first-order valence-corrected chi connectivity index (χ1v) is 9.81. The number of fused-ring (bicyclic) bond motifs is 1. The summed E-state index contributed by atoms with van der Waals surface area (Å²) in [6, 6.07) is 8.74. The van der Waals surface area contributed by atoms with Gasteiger partial charge in [0.25, 0.3) is 0 Å². The maximum absolute atomic E-state index is 12.6. The molecule has 0 radical (unpaired) electrons. The molecule has 0 bridgehead atoms. The van der Waals surface area contributed by atoms with E-state index in [1.807, 2.05) is 24.3 Å². The third kappa shape index (κ3) is 3.42. The van der Waals surface area contributed by atoms with Crippen LogP contribution in [0, 0.1) is 11.8 Å². The lowest BCUT2D eigenvalue weighted by atomic mass is 10.0. The second-order valence-electron chi connectivity index (χ2n) is 7.73. The number of benzene rings is 1. The van der Waals surface area contributed by atoms with Crippen LogP contribution in [0.2, 0.25) is 0 Å². The van der Waals surface area contributed by atoms with Crippen LogP contribution in [0.15, 0.2) is 53.4 Å². The molecule has 1 aliphatic carbocycles. The molecule has 30 heavy (non-hydrogen) atoms. The minimum absolute atomic E-state index is 0.0976. The molecule has 2 fully saturated rings. The molecule has 3 heterocycles. The van der Waals surface area contributed by atoms with Crippen molar-refractivity contribution < 1.29 is 23.8 Å². The molecule has 1 saturated carbocycles. The molecular formula is C21H20N4O5. The molecular weight excluding hydrogens is 388 g/mol. The van der Waals surface area contributed by atoms with Gasteiger partial charge in [-0.05, 0) is 48.9 Å². The molecule has 0 spiro atoms. The Labute approximate surface area is 171 Å². The lowest BCUT2D eigenvalue weighted by Crippen LogP contribution is -2.34. The molecule has 1 amide bonds. The van der Waals surface area contributed by atoms with Gasteiger partial charge in [-0.2, -0.15) is 9.78 Å². The van der Waals surface area contributed by atoms with E-state index in [1.165, 1.54) is 12.3 Å². The minimum atomic E-state index is -1.15. The number of aromatic carboxylic acids is 1. The molecule has 154 valence electrons. The number of hydrogen-bond donors (Lipinski definition) is 1. The van der Waals surface area contributed by atoms with Crippen molar-refractivity contribution in [1.82, 2.24) is 19.7 Å². The lowest BCUT2D eigenvalue weighted by Gasteiger charge is -2.20. The SMILES string of the molecule is O=C(O)c1ccn(C(=O)N2C[C@H]3C[C@H](Oc4cccc(-c5ncco5)c4)C[C@H]3C2)n1. The summed E-state index contributed by atoms with van der Waals surface area (Å²) >= 11 is 0. The summed E-state index contributed by atoms with van der Waals surface area (Å²) < 4.78 is 12.7. The van der Waals surface area contributed by atoms with Crippen LogP contribution in [0.5, 0.6) is 5.75 Å². The molecule has 9 nitrogen and oxygen atoms in total. The molecule has 1 aromatic carbocycles. The van der Waals surface area contributed by atoms with E-state index in [2.05, 4.69) is 10.1 Å². The van der Waals surface area contributed by atoms with Crippen LogP contribution in [0.4, 0.5) is 4.79 Å². The summed E-state index contributed by atoms with van der Waals surface area (Å²) in [5, 5.41) is 12.8. The maximum Gasteiger partial charge on any atom is 0.356 e. The van der Waals surface area contributed by atoms with Gasteiger partial charge in [-0.15, -0.1) is 0 Å². The van der Waals surface area contributed by atoms with E-state index in [1.54, 1.807) is 17.4 Å². The number of aromatic nitrogens is 3. The number of carboxylic acids is 1. The molecule has 1 saturated heterocycles. The zero-order chi connectivity index (χ0) is 20.7. The third-order valence-electron chi connectivity index (χ3n) is 5.80. The predicted octanol–water partition coefficient (Wildman–Crippen LogP) is 2.99. The highest BCUT2D eigenvalue weighted by Gasteiger charge is 2.43. The highest BCUT2D eigenvalue weighted by molar-refractivity contribution is 5.86. The van der Waals surface area contributed by atoms with E-state index >= 15 is 0 Å². The zero-order valence-corrected chi connectivity index (χ0v) is 16.0. The lowest BCUT2D eigenvalue weighted by molar-refractivity contribution is 0.0690. The van der Waals surface area contributed by atoms with Gasteiger partial charge in [-0.25, -0.2) is 14.6 Å². The Balaban J connectivity index is 1.20. The number of carboxylic acid groups (broad SMARTS) is 1. The molecule has 2 aliphatic rings. The van der Waals surface area contributed by atoms with Gasteiger partial charge in [-0.1, -0.05) is 6.07 Å². The number of rotatable bonds is 4. The van der Waals surface area contributed by atoms with E-state index in [9.17, 15) is 9.59 Å². The Morgan fingerprint density at radius 2 is 1.97 bits per heavy atom. The summed E-state index contributed by atoms with van der Waals surface area (Å²) in [5.41, 5.74) is 0.732. The maximum atomic E-state index is 12.6. The number of ether oxygens (including phenoxy) is 1. The van der Waals surface area contributed by atoms with E-state index in [4.69, 9.17) is 14.3 Å². The smallest absolute Gasteiger partial charge is 0.356 e. The van der Waals surface area contributed by atoms with Crippen molar-refractivity contribution in [2.75, 3.05) is 13.1 Å². The molecule has 1 aliphatic heterocycles. The highest BCUT2D eigenvalue weighted by Crippen LogP contribution is 2.40. The van der Waals surface area contributed by atoms with Crippen LogP contribution in [0.1, 0.15) is 23.3 Å². The fourth-order valence-corrected chi connectivity index (χ4v) is 4.45. The highest BCUT2D eigenvalue weighted by atomic mass is 16.5. The van der Waals surface area contributed by atoms with Gasteiger partial charge in [0.2, 0.25) is 5.89 Å². The summed E-state index contributed by atoms with van der Waals surface area (Å²) in [5.74, 6) is 0.919. The van der Waals surface area contributed by atoms with E-state index in [-0.39, 0.29) is 17.8 Å². The second-order valence-corrected chi connectivity index (χ2v) is 7.73. The minimum Gasteiger partial charge on any atom is -0.490 e. The number of carbonyl (C=O) groups is 2. The number of hydrogen-bond acceptors (Lipinski definition) is 6. The van der Waals surface area contributed by atoms with Crippen LogP contribution >= 0.6 is 0 Å². The number of oxazole rings is 1. The van der Waals surface area contributed by atoms with Crippen LogP contribution in [-0.4, -0.2) is 56.0 Å². The standard InChI is InChI=1S/C21H20N4O5/c26-20(27)18-4-6-25(23-18)21(28)24-11-14-9-17(10-15(14)12-24)30-16-3-1-2-13(8-16)19-22-5-7-29-19/h1-8,14-15,17H,9-12H2,(H,26,27)/t14-,15+,17+. The molecule has 5 rings (SSSR count). The van der Waals surface area contributed by atoms with Crippen molar-refractivity contribution in [1.29, 1.82) is 0 Å². The molecule has 0 unspecified atom stereocenters. The Hall–Kier alpha value is -3.62. The largest absolute Gasteiger partial charge is 0.490 e. The van der Waals surface area contributed by atoms with Crippen molar-refractivity contribution in [2.45, 2.75) is 18.9 Å². The fraction of sp³-hybridized carbons (Fsp3) is 0.333. The number of likely N-dealkylation sites (tertiary alicyclic amines) is 1. The average Bonchev–Trinajstić information content (AvgIpc) is 3.50. The van der Waals surface area contributed by atoms with Crippen molar-refractivity contribution >= 4 is 12.0 Å². The second kappa shape index (κ2) is 7.33. The van der Waals surface area contributed by atoms with Gasteiger partial charge in [-0.3, -0.25) is 0 Å².